The number of rotatable bonds is 7. The van der Waals surface area contributed by atoms with Gasteiger partial charge in [0.15, 0.2) is 0 Å². The number of ether oxygens (including phenoxy) is 1. The Bertz CT molecular complexity index is 350. The van der Waals surface area contributed by atoms with Gasteiger partial charge in [0.2, 0.25) is 0 Å². The molecular formula is C12H17F7O2. The van der Waals surface area contributed by atoms with E-state index < -0.39 is 42.4 Å². The number of hydrogen-bond acceptors (Lipinski definition) is 2. The number of alkyl halides is 7. The quantitative estimate of drug-likeness (QED) is 0.506. The van der Waals surface area contributed by atoms with Crippen LogP contribution in [0.15, 0.2) is 0 Å². The Morgan fingerprint density at radius 2 is 1.52 bits per heavy atom. The SMILES string of the molecule is CCCC(CC(F)(F)C(F)(F)C(F)(F)F)C(=O)OC(C)C. The van der Waals surface area contributed by atoms with E-state index in [1.807, 2.05) is 0 Å². The molecule has 0 aromatic heterocycles. The van der Waals surface area contributed by atoms with E-state index >= 15 is 0 Å². The Morgan fingerprint density at radius 3 is 1.86 bits per heavy atom. The second-order valence-corrected chi connectivity index (χ2v) is 4.95. The summed E-state index contributed by atoms with van der Waals surface area (Å²) in [6, 6.07) is 0. The van der Waals surface area contributed by atoms with Crippen LogP contribution in [0.4, 0.5) is 30.7 Å². The molecule has 0 spiro atoms. The molecule has 0 heterocycles. The minimum absolute atomic E-state index is 0.158. The van der Waals surface area contributed by atoms with E-state index in [4.69, 9.17) is 0 Å². The molecule has 0 saturated heterocycles. The van der Waals surface area contributed by atoms with Crippen molar-refractivity contribution < 1.29 is 40.3 Å². The van der Waals surface area contributed by atoms with Gasteiger partial charge in [-0.1, -0.05) is 13.3 Å². The van der Waals surface area contributed by atoms with Crippen molar-refractivity contribution in [3.63, 3.8) is 0 Å². The van der Waals surface area contributed by atoms with E-state index in [-0.39, 0.29) is 12.8 Å². The van der Waals surface area contributed by atoms with Crippen molar-refractivity contribution in [3.8, 4) is 0 Å². The predicted octanol–water partition coefficient (Wildman–Crippen LogP) is 4.58. The van der Waals surface area contributed by atoms with Gasteiger partial charge >= 0.3 is 24.0 Å². The Kier molecular flexibility index (Phi) is 6.50. The monoisotopic (exact) mass is 326 g/mol. The summed E-state index contributed by atoms with van der Waals surface area (Å²) in [7, 11) is 0. The minimum Gasteiger partial charge on any atom is -0.463 e. The highest BCUT2D eigenvalue weighted by Gasteiger charge is 2.73. The van der Waals surface area contributed by atoms with Gasteiger partial charge in [-0.25, -0.2) is 0 Å². The lowest BCUT2D eigenvalue weighted by Crippen LogP contribution is -2.53. The second kappa shape index (κ2) is 6.83. The maximum absolute atomic E-state index is 13.3. The molecule has 0 radical (unpaired) electrons. The van der Waals surface area contributed by atoms with Gasteiger partial charge in [0.25, 0.3) is 0 Å². The van der Waals surface area contributed by atoms with Gasteiger partial charge in [-0.3, -0.25) is 4.79 Å². The molecule has 1 atom stereocenters. The maximum atomic E-state index is 13.3. The average Bonchev–Trinajstić information content (AvgIpc) is 2.25. The summed E-state index contributed by atoms with van der Waals surface area (Å²) in [5, 5.41) is 0. The molecule has 9 heteroatoms. The van der Waals surface area contributed by atoms with Crippen LogP contribution >= 0.6 is 0 Å². The lowest BCUT2D eigenvalue weighted by Gasteiger charge is -2.30. The normalized spacial score (nSPS) is 15.2. The summed E-state index contributed by atoms with van der Waals surface area (Å²) in [5.74, 6) is -14.5. The highest BCUT2D eigenvalue weighted by Crippen LogP contribution is 2.49. The lowest BCUT2D eigenvalue weighted by atomic mass is 9.93. The first-order valence-electron chi connectivity index (χ1n) is 6.29. The number of carbonyl (C=O) groups is 1. The Hall–Kier alpha value is -1.02. The van der Waals surface area contributed by atoms with Crippen LogP contribution in [0.5, 0.6) is 0 Å². The zero-order valence-corrected chi connectivity index (χ0v) is 11.7. The first kappa shape index (κ1) is 20.0. The van der Waals surface area contributed by atoms with Crippen LogP contribution in [0.3, 0.4) is 0 Å². The van der Waals surface area contributed by atoms with Crippen molar-refractivity contribution in [3.05, 3.63) is 0 Å². The maximum Gasteiger partial charge on any atom is 0.459 e. The van der Waals surface area contributed by atoms with E-state index in [1.54, 1.807) is 0 Å². The summed E-state index contributed by atoms with van der Waals surface area (Å²) in [6.07, 6.45) is -9.11. The summed E-state index contributed by atoms with van der Waals surface area (Å²) in [6.45, 7) is 4.29. The molecule has 1 unspecified atom stereocenters. The van der Waals surface area contributed by atoms with Gasteiger partial charge in [0.05, 0.1) is 12.0 Å². The average molecular weight is 326 g/mol. The molecule has 0 N–H and O–H groups in total. The Labute approximate surface area is 117 Å². The van der Waals surface area contributed by atoms with Gasteiger partial charge in [0, 0.05) is 6.42 Å². The molecule has 126 valence electrons. The van der Waals surface area contributed by atoms with Crippen LogP contribution in [0, 0.1) is 5.92 Å². The topological polar surface area (TPSA) is 26.3 Å². The molecule has 0 rings (SSSR count). The number of hydrogen-bond donors (Lipinski definition) is 0. The van der Waals surface area contributed by atoms with Crippen molar-refractivity contribution in [2.45, 2.75) is 64.2 Å². The molecule has 0 fully saturated rings. The summed E-state index contributed by atoms with van der Waals surface area (Å²) in [5.41, 5.74) is 0. The minimum atomic E-state index is -6.39. The molecule has 0 aliphatic rings. The highest BCUT2D eigenvalue weighted by molar-refractivity contribution is 5.72. The fraction of sp³-hybridized carbons (Fsp3) is 0.917. The molecule has 0 aromatic rings. The molecule has 21 heavy (non-hydrogen) atoms. The zero-order valence-electron chi connectivity index (χ0n) is 11.7. The van der Waals surface area contributed by atoms with Crippen LogP contribution in [0.25, 0.3) is 0 Å². The van der Waals surface area contributed by atoms with Gasteiger partial charge in [0.1, 0.15) is 0 Å². The fourth-order valence-electron chi connectivity index (χ4n) is 1.63. The third-order valence-corrected chi connectivity index (χ3v) is 2.64. The van der Waals surface area contributed by atoms with Crippen molar-refractivity contribution in [1.82, 2.24) is 0 Å². The van der Waals surface area contributed by atoms with Gasteiger partial charge in [-0.15, -0.1) is 0 Å². The van der Waals surface area contributed by atoms with Crippen molar-refractivity contribution in [2.75, 3.05) is 0 Å². The molecule has 0 aromatic carbocycles. The molecule has 0 aliphatic heterocycles. The molecule has 2 nitrogen and oxygen atoms in total. The number of esters is 1. The van der Waals surface area contributed by atoms with E-state index in [0.29, 0.717) is 0 Å². The predicted molar refractivity (Wildman–Crippen MR) is 60.2 cm³/mol. The Balaban J connectivity index is 5.19. The van der Waals surface area contributed by atoms with Gasteiger partial charge in [-0.2, -0.15) is 30.7 Å². The van der Waals surface area contributed by atoms with Gasteiger partial charge < -0.3 is 4.74 Å². The van der Waals surface area contributed by atoms with E-state index in [2.05, 4.69) is 4.74 Å². The van der Waals surface area contributed by atoms with Crippen molar-refractivity contribution in [1.29, 1.82) is 0 Å². The summed E-state index contributed by atoms with van der Waals surface area (Å²) < 4.78 is 92.9. The van der Waals surface area contributed by atoms with Crippen LogP contribution in [-0.4, -0.2) is 30.1 Å². The third kappa shape index (κ3) is 5.03. The number of carbonyl (C=O) groups excluding carboxylic acids is 1. The molecule has 0 saturated carbocycles. The molecule has 0 amide bonds. The van der Waals surface area contributed by atoms with E-state index in [9.17, 15) is 35.5 Å². The fourth-order valence-corrected chi connectivity index (χ4v) is 1.63. The highest BCUT2D eigenvalue weighted by atomic mass is 19.4. The lowest BCUT2D eigenvalue weighted by molar-refractivity contribution is -0.357. The Morgan fingerprint density at radius 1 is 1.05 bits per heavy atom. The molecular weight excluding hydrogens is 309 g/mol. The summed E-state index contributed by atoms with van der Waals surface area (Å²) >= 11 is 0. The smallest absolute Gasteiger partial charge is 0.459 e. The standard InChI is InChI=1S/C12H17F7O2/c1-4-5-8(9(20)21-7(2)3)6-10(13,14)11(15,16)12(17,18)19/h7-8H,4-6H2,1-3H3. The third-order valence-electron chi connectivity index (χ3n) is 2.64. The first-order valence-corrected chi connectivity index (χ1v) is 6.29. The van der Waals surface area contributed by atoms with Crippen LogP contribution in [-0.2, 0) is 9.53 Å². The van der Waals surface area contributed by atoms with Crippen LogP contribution in [0.2, 0.25) is 0 Å². The van der Waals surface area contributed by atoms with Crippen molar-refractivity contribution in [2.24, 2.45) is 5.92 Å². The largest absolute Gasteiger partial charge is 0.463 e. The summed E-state index contributed by atoms with van der Waals surface area (Å²) in [4.78, 5) is 11.5. The number of halogens is 7. The van der Waals surface area contributed by atoms with Gasteiger partial charge in [-0.05, 0) is 20.3 Å². The van der Waals surface area contributed by atoms with Crippen LogP contribution in [0.1, 0.15) is 40.0 Å². The van der Waals surface area contributed by atoms with E-state index in [0.717, 1.165) is 0 Å². The van der Waals surface area contributed by atoms with Crippen molar-refractivity contribution >= 4 is 5.97 Å². The zero-order chi connectivity index (χ0) is 17.1. The molecule has 0 bridgehead atoms. The molecule has 0 aliphatic carbocycles. The second-order valence-electron chi connectivity index (χ2n) is 4.95. The van der Waals surface area contributed by atoms with Crippen LogP contribution < -0.4 is 0 Å². The first-order chi connectivity index (χ1) is 9.26. The van der Waals surface area contributed by atoms with E-state index in [1.165, 1.54) is 20.8 Å².